The molecule has 1 aliphatic rings. The minimum absolute atomic E-state index is 0.0813. The Morgan fingerprint density at radius 2 is 2.09 bits per heavy atom. The molecule has 1 aromatic heterocycles. The van der Waals surface area contributed by atoms with E-state index >= 15 is 0 Å². The van der Waals surface area contributed by atoms with E-state index in [1.165, 1.54) is 13.3 Å². The zero-order chi connectivity index (χ0) is 16.2. The van der Waals surface area contributed by atoms with Crippen molar-refractivity contribution >= 4 is 23.2 Å². The molecule has 0 bridgehead atoms. The van der Waals surface area contributed by atoms with Crippen molar-refractivity contribution in [2.45, 2.75) is 12.8 Å². The van der Waals surface area contributed by atoms with Crippen LogP contribution in [0.15, 0.2) is 42.6 Å². The molecule has 6 heteroatoms. The van der Waals surface area contributed by atoms with Gasteiger partial charge in [-0.2, -0.15) is 0 Å². The largest absolute Gasteiger partial charge is 0.481 e. The summed E-state index contributed by atoms with van der Waals surface area (Å²) in [5, 5.41) is 2.85. The monoisotopic (exact) mass is 311 g/mol. The van der Waals surface area contributed by atoms with Gasteiger partial charge in [0.25, 0.3) is 5.91 Å². The van der Waals surface area contributed by atoms with Gasteiger partial charge in [-0.15, -0.1) is 0 Å². The van der Waals surface area contributed by atoms with Crippen LogP contribution in [0.3, 0.4) is 0 Å². The van der Waals surface area contributed by atoms with E-state index in [-0.39, 0.29) is 11.8 Å². The molecule has 1 fully saturated rings. The van der Waals surface area contributed by atoms with Crippen molar-refractivity contribution in [3.8, 4) is 5.88 Å². The van der Waals surface area contributed by atoms with Gasteiger partial charge in [-0.3, -0.25) is 9.59 Å². The first-order valence-electron chi connectivity index (χ1n) is 7.40. The molecule has 1 aromatic carbocycles. The lowest BCUT2D eigenvalue weighted by atomic mass is 10.2. The summed E-state index contributed by atoms with van der Waals surface area (Å²) in [7, 11) is 1.52. The average Bonchev–Trinajstić information content (AvgIpc) is 3.01. The van der Waals surface area contributed by atoms with Crippen LogP contribution in [0.5, 0.6) is 5.88 Å². The van der Waals surface area contributed by atoms with E-state index in [1.54, 1.807) is 23.1 Å². The van der Waals surface area contributed by atoms with Gasteiger partial charge >= 0.3 is 0 Å². The van der Waals surface area contributed by atoms with Gasteiger partial charge in [-0.1, -0.05) is 12.1 Å². The van der Waals surface area contributed by atoms with Crippen LogP contribution in [0.2, 0.25) is 0 Å². The molecule has 6 nitrogen and oxygen atoms in total. The molecule has 2 amide bonds. The first-order chi connectivity index (χ1) is 11.2. The van der Waals surface area contributed by atoms with Crippen LogP contribution >= 0.6 is 0 Å². The van der Waals surface area contributed by atoms with Crippen molar-refractivity contribution < 1.29 is 14.3 Å². The number of aromatic nitrogens is 1. The summed E-state index contributed by atoms with van der Waals surface area (Å²) in [6, 6.07) is 10.6. The molecular weight excluding hydrogens is 294 g/mol. The maximum absolute atomic E-state index is 12.4. The van der Waals surface area contributed by atoms with Gasteiger partial charge in [-0.05, 0) is 24.6 Å². The Bertz CT molecular complexity index is 728. The fraction of sp³-hybridized carbons (Fsp3) is 0.235. The van der Waals surface area contributed by atoms with Gasteiger partial charge in [-0.25, -0.2) is 4.98 Å². The summed E-state index contributed by atoms with van der Waals surface area (Å²) in [6.45, 7) is 0.676. The third-order valence-electron chi connectivity index (χ3n) is 3.72. The standard InChI is InChI=1S/C17H17N3O3/c1-23-15-9-8-12(11-18-15)17(22)19-13-5-2-3-6-14(13)20-10-4-7-16(20)21/h2-3,5-6,8-9,11H,4,7,10H2,1H3,(H,19,22). The predicted molar refractivity (Wildman–Crippen MR) is 86.8 cm³/mol. The highest BCUT2D eigenvalue weighted by molar-refractivity contribution is 6.07. The summed E-state index contributed by atoms with van der Waals surface area (Å²) in [5.41, 5.74) is 1.77. The molecule has 0 atom stereocenters. The maximum Gasteiger partial charge on any atom is 0.257 e. The first kappa shape index (κ1) is 15.0. The Morgan fingerprint density at radius 3 is 2.74 bits per heavy atom. The van der Waals surface area contributed by atoms with E-state index in [2.05, 4.69) is 10.3 Å². The number of methoxy groups -OCH3 is 1. The fourth-order valence-electron chi connectivity index (χ4n) is 2.55. The van der Waals surface area contributed by atoms with E-state index in [4.69, 9.17) is 4.74 Å². The molecule has 0 spiro atoms. The number of pyridine rings is 1. The van der Waals surface area contributed by atoms with E-state index in [0.29, 0.717) is 30.1 Å². The number of carbonyl (C=O) groups is 2. The number of ether oxygens (including phenoxy) is 1. The second-order valence-electron chi connectivity index (χ2n) is 5.21. The third-order valence-corrected chi connectivity index (χ3v) is 3.72. The summed E-state index contributed by atoms with van der Waals surface area (Å²) in [4.78, 5) is 30.0. The number of nitrogens with zero attached hydrogens (tertiary/aromatic N) is 2. The zero-order valence-corrected chi connectivity index (χ0v) is 12.8. The van der Waals surface area contributed by atoms with Crippen molar-refractivity contribution in [2.24, 2.45) is 0 Å². The molecule has 23 heavy (non-hydrogen) atoms. The van der Waals surface area contributed by atoms with Crippen molar-refractivity contribution in [3.63, 3.8) is 0 Å². The average molecular weight is 311 g/mol. The number of anilines is 2. The Balaban J connectivity index is 1.82. The third kappa shape index (κ3) is 3.15. The Kier molecular flexibility index (Phi) is 4.23. The molecular formula is C17H17N3O3. The molecule has 1 aliphatic heterocycles. The van der Waals surface area contributed by atoms with Gasteiger partial charge in [0.05, 0.1) is 24.0 Å². The van der Waals surface area contributed by atoms with Crippen molar-refractivity contribution in [3.05, 3.63) is 48.2 Å². The first-order valence-corrected chi connectivity index (χ1v) is 7.40. The SMILES string of the molecule is COc1ccc(C(=O)Nc2ccccc2N2CCCC2=O)cn1. The normalized spacial score (nSPS) is 14.0. The fourth-order valence-corrected chi connectivity index (χ4v) is 2.55. The Labute approximate surface area is 134 Å². The highest BCUT2D eigenvalue weighted by atomic mass is 16.5. The van der Waals surface area contributed by atoms with Gasteiger partial charge in [0.2, 0.25) is 11.8 Å². The number of amides is 2. The van der Waals surface area contributed by atoms with Crippen LogP contribution in [0.25, 0.3) is 0 Å². The van der Waals surface area contributed by atoms with E-state index in [0.717, 1.165) is 12.1 Å². The minimum atomic E-state index is -0.278. The molecule has 1 N–H and O–H groups in total. The molecule has 0 saturated carbocycles. The van der Waals surface area contributed by atoms with Gasteiger partial charge in [0.1, 0.15) is 0 Å². The molecule has 3 rings (SSSR count). The number of rotatable bonds is 4. The highest BCUT2D eigenvalue weighted by Gasteiger charge is 2.24. The van der Waals surface area contributed by atoms with Crippen molar-refractivity contribution in [1.82, 2.24) is 4.98 Å². The lowest BCUT2D eigenvalue weighted by molar-refractivity contribution is -0.117. The number of para-hydroxylation sites is 2. The minimum Gasteiger partial charge on any atom is -0.481 e. The Morgan fingerprint density at radius 1 is 1.26 bits per heavy atom. The summed E-state index contributed by atoms with van der Waals surface area (Å²) in [6.07, 6.45) is 2.84. The van der Waals surface area contributed by atoms with Crippen molar-refractivity contribution in [1.29, 1.82) is 0 Å². The summed E-state index contributed by atoms with van der Waals surface area (Å²) in [5.74, 6) is 0.252. The second-order valence-corrected chi connectivity index (χ2v) is 5.21. The van der Waals surface area contributed by atoms with Gasteiger partial charge in [0, 0.05) is 25.2 Å². The number of carbonyl (C=O) groups excluding carboxylic acids is 2. The molecule has 2 heterocycles. The molecule has 0 unspecified atom stereocenters. The Hall–Kier alpha value is -2.89. The van der Waals surface area contributed by atoms with Crippen molar-refractivity contribution in [2.75, 3.05) is 23.9 Å². The smallest absolute Gasteiger partial charge is 0.257 e. The second kappa shape index (κ2) is 6.48. The molecule has 0 aliphatic carbocycles. The van der Waals surface area contributed by atoms with Gasteiger partial charge in [0.15, 0.2) is 0 Å². The summed E-state index contributed by atoms with van der Waals surface area (Å²) >= 11 is 0. The molecule has 2 aromatic rings. The predicted octanol–water partition coefficient (Wildman–Crippen LogP) is 2.47. The van der Waals surface area contributed by atoms with Crippen LogP contribution in [-0.2, 0) is 4.79 Å². The van der Waals surface area contributed by atoms with E-state index < -0.39 is 0 Å². The molecule has 118 valence electrons. The van der Waals surface area contributed by atoms with E-state index in [9.17, 15) is 9.59 Å². The topological polar surface area (TPSA) is 71.5 Å². The lowest BCUT2D eigenvalue weighted by Crippen LogP contribution is -2.25. The van der Waals surface area contributed by atoms with Crippen LogP contribution < -0.4 is 15.0 Å². The molecule has 1 saturated heterocycles. The van der Waals surface area contributed by atoms with Crippen LogP contribution in [0, 0.1) is 0 Å². The van der Waals surface area contributed by atoms with Crippen LogP contribution in [0.1, 0.15) is 23.2 Å². The van der Waals surface area contributed by atoms with E-state index in [1.807, 2.05) is 18.2 Å². The zero-order valence-electron chi connectivity index (χ0n) is 12.8. The summed E-state index contributed by atoms with van der Waals surface area (Å²) < 4.78 is 4.98. The van der Waals surface area contributed by atoms with Crippen LogP contribution in [-0.4, -0.2) is 30.5 Å². The van der Waals surface area contributed by atoms with Crippen LogP contribution in [0.4, 0.5) is 11.4 Å². The van der Waals surface area contributed by atoms with Gasteiger partial charge < -0.3 is 15.0 Å². The molecule has 0 radical (unpaired) electrons. The number of hydrogen-bond acceptors (Lipinski definition) is 4. The lowest BCUT2D eigenvalue weighted by Gasteiger charge is -2.19. The number of nitrogens with one attached hydrogen (secondary N) is 1. The maximum atomic E-state index is 12.4. The highest BCUT2D eigenvalue weighted by Crippen LogP contribution is 2.29. The number of hydrogen-bond donors (Lipinski definition) is 1. The quantitative estimate of drug-likeness (QED) is 0.941. The number of benzene rings is 1.